The van der Waals surface area contributed by atoms with E-state index in [0.717, 1.165) is 12.1 Å². The largest absolute Gasteiger partial charge is 0.399 e. The quantitative estimate of drug-likeness (QED) is 0.395. The summed E-state index contributed by atoms with van der Waals surface area (Å²) >= 11 is 0. The van der Waals surface area contributed by atoms with Crippen LogP contribution in [0.2, 0.25) is 0 Å². The van der Waals surface area contributed by atoms with Crippen molar-refractivity contribution in [3.05, 3.63) is 29.8 Å². The van der Waals surface area contributed by atoms with Gasteiger partial charge in [0.15, 0.2) is 0 Å². The monoisotopic (exact) mass is 337 g/mol. The van der Waals surface area contributed by atoms with Crippen LogP contribution in [0.5, 0.6) is 0 Å². The number of hydrogen-bond donors (Lipinski definition) is 1. The van der Waals surface area contributed by atoms with Crippen molar-refractivity contribution in [3.8, 4) is 6.07 Å². The molecule has 1 atom stereocenters. The van der Waals surface area contributed by atoms with E-state index in [9.17, 15) is 0 Å². The van der Waals surface area contributed by atoms with Crippen LogP contribution in [0.15, 0.2) is 24.3 Å². The van der Waals surface area contributed by atoms with E-state index in [1.807, 2.05) is 24.3 Å². The number of rotatable bonds is 10. The van der Waals surface area contributed by atoms with Crippen molar-refractivity contribution in [3.63, 3.8) is 0 Å². The van der Waals surface area contributed by atoms with Crippen molar-refractivity contribution >= 4 is 14.2 Å². The van der Waals surface area contributed by atoms with Gasteiger partial charge < -0.3 is 14.8 Å². The molecule has 0 aliphatic rings. The number of anilines is 1. The highest BCUT2D eigenvalue weighted by atomic mass is 31.2. The van der Waals surface area contributed by atoms with Crippen molar-refractivity contribution in [2.75, 3.05) is 18.9 Å². The Balaban J connectivity index is 2.60. The first-order chi connectivity index (χ1) is 11.0. The molecule has 0 amide bonds. The van der Waals surface area contributed by atoms with Crippen molar-refractivity contribution < 1.29 is 9.05 Å². The van der Waals surface area contributed by atoms with E-state index >= 15 is 0 Å². The molecular formula is C17H28N3O2P. The molecule has 0 heterocycles. The fourth-order valence-electron chi connectivity index (χ4n) is 2.24. The lowest BCUT2D eigenvalue weighted by Gasteiger charge is -2.35. The smallest absolute Gasteiger partial charge is 0.259 e. The zero-order valence-electron chi connectivity index (χ0n) is 14.5. The van der Waals surface area contributed by atoms with Crippen LogP contribution in [0.4, 0.5) is 5.69 Å². The second-order valence-electron chi connectivity index (χ2n) is 5.87. The average Bonchev–Trinajstić information content (AvgIpc) is 2.48. The molecule has 2 N–H and O–H groups in total. The van der Waals surface area contributed by atoms with E-state index in [4.69, 9.17) is 20.0 Å². The molecule has 1 unspecified atom stereocenters. The molecule has 0 bridgehead atoms. The van der Waals surface area contributed by atoms with Gasteiger partial charge in [-0.3, -0.25) is 0 Å². The van der Waals surface area contributed by atoms with Crippen LogP contribution in [0.1, 0.15) is 39.7 Å². The van der Waals surface area contributed by atoms with E-state index in [2.05, 4.69) is 38.4 Å². The third-order valence-electron chi connectivity index (χ3n) is 3.23. The summed E-state index contributed by atoms with van der Waals surface area (Å²) in [5, 5.41) is 8.70. The number of nitrogens with zero attached hydrogens (tertiary/aromatic N) is 2. The molecule has 0 saturated carbocycles. The number of hydrogen-bond acceptors (Lipinski definition) is 5. The highest BCUT2D eigenvalue weighted by Gasteiger charge is 2.26. The van der Waals surface area contributed by atoms with E-state index < -0.39 is 8.53 Å². The summed E-state index contributed by atoms with van der Waals surface area (Å²) in [6, 6.07) is 10.6. The summed E-state index contributed by atoms with van der Waals surface area (Å²) in [7, 11) is -1.16. The number of benzene rings is 1. The van der Waals surface area contributed by atoms with Gasteiger partial charge in [0, 0.05) is 17.8 Å². The molecule has 23 heavy (non-hydrogen) atoms. The van der Waals surface area contributed by atoms with Crippen molar-refractivity contribution in [2.24, 2.45) is 0 Å². The Labute approximate surface area is 141 Å². The summed E-state index contributed by atoms with van der Waals surface area (Å²) in [6.45, 7) is 9.51. The molecule has 1 aromatic carbocycles. The standard InChI is InChI=1S/C17H28N3O2P/c1-14(2)20(15(3)4)23(21-12-5-11-18)22-13-10-16-6-8-17(19)9-7-16/h6-9,14-15H,5,10,12-13,19H2,1-4H3. The average molecular weight is 337 g/mol. The van der Waals surface area contributed by atoms with Crippen molar-refractivity contribution in [1.29, 1.82) is 5.26 Å². The van der Waals surface area contributed by atoms with E-state index in [1.165, 1.54) is 5.56 Å². The topological polar surface area (TPSA) is 71.5 Å². The maximum atomic E-state index is 8.70. The molecule has 0 saturated heterocycles. The molecule has 0 fully saturated rings. The van der Waals surface area contributed by atoms with Gasteiger partial charge in [-0.25, -0.2) is 4.67 Å². The van der Waals surface area contributed by atoms with Gasteiger partial charge >= 0.3 is 0 Å². The van der Waals surface area contributed by atoms with Crippen LogP contribution in [-0.4, -0.2) is 30.0 Å². The summed E-state index contributed by atoms with van der Waals surface area (Å²) in [4.78, 5) is 0. The number of nitrogen functional groups attached to an aromatic ring is 1. The molecule has 6 heteroatoms. The molecule has 128 valence electrons. The predicted octanol–water partition coefficient (Wildman–Crippen LogP) is 4.10. The van der Waals surface area contributed by atoms with Crippen molar-refractivity contribution in [1.82, 2.24) is 4.67 Å². The molecule has 0 aliphatic carbocycles. The third-order valence-corrected chi connectivity index (χ3v) is 5.34. The summed E-state index contributed by atoms with van der Waals surface area (Å²) in [5.74, 6) is 0. The normalized spacial score (nSPS) is 12.8. The van der Waals surface area contributed by atoms with Crippen molar-refractivity contribution in [2.45, 2.75) is 52.6 Å². The Kier molecular flexibility index (Phi) is 9.13. The first-order valence-electron chi connectivity index (χ1n) is 8.01. The molecule has 0 spiro atoms. The minimum absolute atomic E-state index is 0.319. The molecule has 0 aliphatic heterocycles. The summed E-state index contributed by atoms with van der Waals surface area (Å²) in [6.07, 6.45) is 1.19. The highest BCUT2D eigenvalue weighted by Crippen LogP contribution is 2.45. The van der Waals surface area contributed by atoms with Crippen LogP contribution in [-0.2, 0) is 15.5 Å². The first-order valence-corrected chi connectivity index (χ1v) is 9.14. The minimum atomic E-state index is -1.16. The third kappa shape index (κ3) is 7.28. The minimum Gasteiger partial charge on any atom is -0.399 e. The Morgan fingerprint density at radius 2 is 1.65 bits per heavy atom. The number of nitriles is 1. The van der Waals surface area contributed by atoms with Crippen LogP contribution in [0, 0.1) is 11.3 Å². The van der Waals surface area contributed by atoms with Gasteiger partial charge in [0.1, 0.15) is 0 Å². The predicted molar refractivity (Wildman–Crippen MR) is 95.7 cm³/mol. The van der Waals surface area contributed by atoms with Crippen LogP contribution < -0.4 is 5.73 Å². The number of nitrogens with two attached hydrogens (primary N) is 1. The molecule has 0 aromatic heterocycles. The maximum absolute atomic E-state index is 8.70. The SMILES string of the molecule is CC(C)N(C(C)C)P(OCCC#N)OCCc1ccc(N)cc1. The van der Waals surface area contributed by atoms with Crippen LogP contribution >= 0.6 is 8.53 Å². The van der Waals surface area contributed by atoms with Gasteiger partial charge in [-0.15, -0.1) is 0 Å². The molecule has 0 radical (unpaired) electrons. The van der Waals surface area contributed by atoms with Crippen LogP contribution in [0.3, 0.4) is 0 Å². The summed E-state index contributed by atoms with van der Waals surface area (Å²) < 4.78 is 14.1. The van der Waals surface area contributed by atoms with Gasteiger partial charge in [0.25, 0.3) is 8.53 Å². The van der Waals surface area contributed by atoms with Gasteiger partial charge in [0.2, 0.25) is 0 Å². The second-order valence-corrected chi connectivity index (χ2v) is 7.33. The highest BCUT2D eigenvalue weighted by molar-refractivity contribution is 7.44. The first kappa shape index (κ1) is 19.9. The second kappa shape index (κ2) is 10.6. The Morgan fingerprint density at radius 3 is 2.17 bits per heavy atom. The zero-order valence-corrected chi connectivity index (χ0v) is 15.4. The lowest BCUT2D eigenvalue weighted by atomic mass is 10.1. The lowest BCUT2D eigenvalue weighted by molar-refractivity contribution is 0.177. The maximum Gasteiger partial charge on any atom is 0.259 e. The lowest BCUT2D eigenvalue weighted by Crippen LogP contribution is -2.33. The molecule has 1 aromatic rings. The molecular weight excluding hydrogens is 309 g/mol. The van der Waals surface area contributed by atoms with Gasteiger partial charge in [-0.2, -0.15) is 5.26 Å². The van der Waals surface area contributed by atoms with Gasteiger partial charge in [-0.05, 0) is 51.8 Å². The van der Waals surface area contributed by atoms with Gasteiger partial charge in [0.05, 0.1) is 25.7 Å². The Hall–Kier alpha value is -1.18. The Morgan fingerprint density at radius 1 is 1.09 bits per heavy atom. The van der Waals surface area contributed by atoms with Gasteiger partial charge in [-0.1, -0.05) is 12.1 Å². The zero-order chi connectivity index (χ0) is 17.2. The fraction of sp³-hybridized carbons (Fsp3) is 0.588. The van der Waals surface area contributed by atoms with Crippen LogP contribution in [0.25, 0.3) is 0 Å². The van der Waals surface area contributed by atoms with E-state index in [1.54, 1.807) is 0 Å². The fourth-order valence-corrected chi connectivity index (χ4v) is 3.83. The Bertz CT molecular complexity index is 478. The molecule has 5 nitrogen and oxygen atoms in total. The summed E-state index contributed by atoms with van der Waals surface area (Å²) in [5.41, 5.74) is 7.65. The molecule has 1 rings (SSSR count). The van der Waals surface area contributed by atoms with E-state index in [0.29, 0.717) is 31.7 Å². The van der Waals surface area contributed by atoms with E-state index in [-0.39, 0.29) is 0 Å².